The van der Waals surface area contributed by atoms with Gasteiger partial charge in [0.15, 0.2) is 6.10 Å². The lowest BCUT2D eigenvalue weighted by molar-refractivity contribution is -0.167. The predicted molar refractivity (Wildman–Crippen MR) is 349 cm³/mol. The molecular weight excluding hydrogens is 985 g/mol. The van der Waals surface area contributed by atoms with E-state index in [2.05, 4.69) is 69.4 Å². The van der Waals surface area contributed by atoms with Crippen molar-refractivity contribution in [2.75, 3.05) is 13.2 Å². The largest absolute Gasteiger partial charge is 0.462 e. The first-order valence-electron chi connectivity index (χ1n) is 35.6. The SMILES string of the molecule is CCCCC/C=C\C/C=C\C/C=C\CCCCCCCCC(=O)OC(COC(=O)CCCCCCCCCC)COC(=O)CCCCCCCCCCCCCCCCCCCCCCCCC/C=C\CCCCCCCCCC. The fourth-order valence-corrected chi connectivity index (χ4v) is 10.7. The fourth-order valence-electron chi connectivity index (χ4n) is 10.7. The molecule has 6 nitrogen and oxygen atoms in total. The van der Waals surface area contributed by atoms with E-state index in [0.29, 0.717) is 19.3 Å². The molecule has 0 aliphatic rings. The summed E-state index contributed by atoms with van der Waals surface area (Å²) in [6.45, 7) is 6.62. The monoisotopic (exact) mass is 1120 g/mol. The quantitative estimate of drug-likeness (QED) is 0.0261. The molecule has 0 aliphatic carbocycles. The summed E-state index contributed by atoms with van der Waals surface area (Å²) in [4.78, 5) is 38.2. The Bertz CT molecular complexity index is 1380. The molecule has 0 aliphatic heterocycles. The van der Waals surface area contributed by atoms with E-state index in [9.17, 15) is 14.4 Å². The maximum absolute atomic E-state index is 12.9. The van der Waals surface area contributed by atoms with Gasteiger partial charge in [-0.1, -0.05) is 333 Å². The van der Waals surface area contributed by atoms with Crippen molar-refractivity contribution in [2.45, 2.75) is 393 Å². The van der Waals surface area contributed by atoms with E-state index in [1.54, 1.807) is 0 Å². The van der Waals surface area contributed by atoms with Crippen LogP contribution in [0.3, 0.4) is 0 Å². The van der Waals surface area contributed by atoms with Crippen LogP contribution in [0, 0.1) is 0 Å². The summed E-state index contributed by atoms with van der Waals surface area (Å²) in [5, 5.41) is 0. The number of allylic oxidation sites excluding steroid dienone is 8. The Balaban J connectivity index is 3.99. The number of rotatable bonds is 66. The first-order valence-corrected chi connectivity index (χ1v) is 35.6. The Kier molecular flexibility index (Phi) is 66.6. The van der Waals surface area contributed by atoms with E-state index < -0.39 is 6.10 Å². The Morgan fingerprint density at radius 3 is 0.738 bits per heavy atom. The van der Waals surface area contributed by atoms with E-state index in [4.69, 9.17) is 14.2 Å². The van der Waals surface area contributed by atoms with Crippen LogP contribution >= 0.6 is 0 Å². The van der Waals surface area contributed by atoms with E-state index in [1.165, 1.54) is 270 Å². The average molecular weight is 1120 g/mol. The standard InChI is InChI=1S/C74H136O6/c1-4-7-10-13-16-19-21-23-25-27-29-30-31-32-33-34-35-36-37-38-39-40-41-42-43-44-46-47-49-51-53-55-58-61-64-67-73(76)79-70-71(69-78-72(75)66-63-60-57-18-15-12-9-6-3)80-74(77)68-65-62-59-56-54-52-50-48-45-28-26-24-22-20-17-14-11-8-5-2/h17,20,24,26-27,29,45,48,71H,4-16,18-19,21-23,25,28,30-44,46-47,49-70H2,1-3H3/b20-17-,26-24-,29-27-,48-45-. The molecule has 0 N–H and O–H groups in total. The molecule has 1 atom stereocenters. The second kappa shape index (κ2) is 68.9. The van der Waals surface area contributed by atoms with Crippen LogP contribution in [0.4, 0.5) is 0 Å². The van der Waals surface area contributed by atoms with Crippen molar-refractivity contribution in [1.29, 1.82) is 0 Å². The van der Waals surface area contributed by atoms with Gasteiger partial charge in [0, 0.05) is 19.3 Å². The first kappa shape index (κ1) is 77.4. The summed E-state index contributed by atoms with van der Waals surface area (Å²) in [5.74, 6) is -0.870. The van der Waals surface area contributed by atoms with Gasteiger partial charge < -0.3 is 14.2 Å². The van der Waals surface area contributed by atoms with Gasteiger partial charge in [-0.15, -0.1) is 0 Å². The van der Waals surface area contributed by atoms with Gasteiger partial charge in [0.1, 0.15) is 13.2 Å². The molecule has 0 rings (SSSR count). The molecule has 0 amide bonds. The van der Waals surface area contributed by atoms with Crippen LogP contribution in [0.2, 0.25) is 0 Å². The number of hydrogen-bond acceptors (Lipinski definition) is 6. The average Bonchev–Trinajstić information content (AvgIpc) is 3.46. The lowest BCUT2D eigenvalue weighted by atomic mass is 10.0. The van der Waals surface area contributed by atoms with Gasteiger partial charge in [0.05, 0.1) is 0 Å². The maximum atomic E-state index is 12.9. The van der Waals surface area contributed by atoms with Crippen LogP contribution in [0.1, 0.15) is 387 Å². The van der Waals surface area contributed by atoms with Crippen LogP contribution in [0.5, 0.6) is 0 Å². The van der Waals surface area contributed by atoms with Crippen LogP contribution in [-0.2, 0) is 28.6 Å². The van der Waals surface area contributed by atoms with Gasteiger partial charge in [-0.2, -0.15) is 0 Å². The minimum atomic E-state index is -0.776. The van der Waals surface area contributed by atoms with Crippen molar-refractivity contribution in [3.8, 4) is 0 Å². The first-order chi connectivity index (χ1) is 39.5. The topological polar surface area (TPSA) is 78.9 Å². The zero-order chi connectivity index (χ0) is 57.8. The molecule has 0 aromatic heterocycles. The number of esters is 3. The highest BCUT2D eigenvalue weighted by Crippen LogP contribution is 2.18. The minimum absolute atomic E-state index is 0.0740. The van der Waals surface area contributed by atoms with Crippen molar-refractivity contribution in [3.05, 3.63) is 48.6 Å². The molecule has 1 unspecified atom stereocenters. The molecular formula is C74H136O6. The second-order valence-electron chi connectivity index (χ2n) is 24.1. The highest BCUT2D eigenvalue weighted by Gasteiger charge is 2.19. The van der Waals surface area contributed by atoms with E-state index in [-0.39, 0.29) is 31.1 Å². The highest BCUT2D eigenvalue weighted by molar-refractivity contribution is 5.71. The summed E-state index contributed by atoms with van der Waals surface area (Å²) < 4.78 is 16.9. The van der Waals surface area contributed by atoms with Crippen LogP contribution in [0.25, 0.3) is 0 Å². The van der Waals surface area contributed by atoms with E-state index in [1.807, 2.05) is 0 Å². The third kappa shape index (κ3) is 66.2. The zero-order valence-corrected chi connectivity index (χ0v) is 53.9. The molecule has 0 saturated heterocycles. The molecule has 0 bridgehead atoms. The number of carbonyl (C=O) groups is 3. The molecule has 0 fully saturated rings. The highest BCUT2D eigenvalue weighted by atomic mass is 16.6. The predicted octanol–water partition coefficient (Wildman–Crippen LogP) is 24.5. The van der Waals surface area contributed by atoms with Crippen molar-refractivity contribution in [2.24, 2.45) is 0 Å². The van der Waals surface area contributed by atoms with Crippen molar-refractivity contribution in [3.63, 3.8) is 0 Å². The minimum Gasteiger partial charge on any atom is -0.462 e. The number of ether oxygens (including phenoxy) is 3. The van der Waals surface area contributed by atoms with Gasteiger partial charge in [0.25, 0.3) is 0 Å². The van der Waals surface area contributed by atoms with Crippen molar-refractivity contribution in [1.82, 2.24) is 0 Å². The summed E-state index contributed by atoms with van der Waals surface area (Å²) in [6, 6.07) is 0. The van der Waals surface area contributed by atoms with Gasteiger partial charge >= 0.3 is 17.9 Å². The third-order valence-electron chi connectivity index (χ3n) is 16.1. The van der Waals surface area contributed by atoms with E-state index in [0.717, 1.165) is 77.0 Å². The van der Waals surface area contributed by atoms with Crippen molar-refractivity contribution >= 4 is 17.9 Å². The fraction of sp³-hybridized carbons (Fsp3) is 0.851. The maximum Gasteiger partial charge on any atom is 0.306 e. The van der Waals surface area contributed by atoms with Crippen LogP contribution in [0.15, 0.2) is 48.6 Å². The van der Waals surface area contributed by atoms with Gasteiger partial charge in [-0.3, -0.25) is 14.4 Å². The normalized spacial score (nSPS) is 12.3. The molecule has 0 heterocycles. The van der Waals surface area contributed by atoms with Crippen molar-refractivity contribution < 1.29 is 28.6 Å². The molecule has 80 heavy (non-hydrogen) atoms. The molecule has 0 aromatic rings. The Morgan fingerprint density at radius 1 is 0.250 bits per heavy atom. The molecule has 0 aromatic carbocycles. The van der Waals surface area contributed by atoms with Gasteiger partial charge in [-0.25, -0.2) is 0 Å². The smallest absolute Gasteiger partial charge is 0.306 e. The number of unbranched alkanes of at least 4 members (excludes halogenated alkanes) is 47. The van der Waals surface area contributed by atoms with Gasteiger partial charge in [0.2, 0.25) is 0 Å². The Morgan fingerprint density at radius 2 is 0.450 bits per heavy atom. The molecule has 0 saturated carbocycles. The summed E-state index contributed by atoms with van der Waals surface area (Å²) in [5.41, 5.74) is 0. The number of carbonyl (C=O) groups excluding carboxylic acids is 3. The van der Waals surface area contributed by atoms with Crippen LogP contribution < -0.4 is 0 Å². The van der Waals surface area contributed by atoms with E-state index >= 15 is 0 Å². The van der Waals surface area contributed by atoms with Gasteiger partial charge in [-0.05, 0) is 83.5 Å². The molecule has 468 valence electrons. The third-order valence-corrected chi connectivity index (χ3v) is 16.1. The van der Waals surface area contributed by atoms with Crippen LogP contribution in [-0.4, -0.2) is 37.2 Å². The summed E-state index contributed by atoms with van der Waals surface area (Å²) in [6.07, 6.45) is 87.5. The summed E-state index contributed by atoms with van der Waals surface area (Å²) in [7, 11) is 0. The molecule has 0 spiro atoms. The zero-order valence-electron chi connectivity index (χ0n) is 53.9. The lowest BCUT2D eigenvalue weighted by Gasteiger charge is -2.18. The number of hydrogen-bond donors (Lipinski definition) is 0. The Labute approximate surface area is 498 Å². The molecule has 6 heteroatoms. The summed E-state index contributed by atoms with van der Waals surface area (Å²) >= 11 is 0. The lowest BCUT2D eigenvalue weighted by Crippen LogP contribution is -2.30. The molecule has 0 radical (unpaired) electrons. The Hall–Kier alpha value is -2.63. The second-order valence-corrected chi connectivity index (χ2v) is 24.1.